The number of carbonyl (C=O) groups excluding carboxylic acids is 1. The number of hydrogen-bond acceptors (Lipinski definition) is 4. The van der Waals surface area contributed by atoms with Crippen LogP contribution in [0.2, 0.25) is 0 Å². The number of carbonyl (C=O) groups is 1. The summed E-state index contributed by atoms with van der Waals surface area (Å²) in [5.41, 5.74) is 1.75. The first-order valence-corrected chi connectivity index (χ1v) is 7.27. The number of fused-ring (bicyclic) bond motifs is 2. The summed E-state index contributed by atoms with van der Waals surface area (Å²) in [4.78, 5) is 13.4. The van der Waals surface area contributed by atoms with E-state index < -0.39 is 0 Å². The zero-order valence-corrected chi connectivity index (χ0v) is 11.8. The van der Waals surface area contributed by atoms with Gasteiger partial charge in [0.25, 0.3) is 0 Å². The van der Waals surface area contributed by atoms with E-state index in [1.807, 2.05) is 12.1 Å². The van der Waals surface area contributed by atoms with E-state index in [1.165, 1.54) is 0 Å². The van der Waals surface area contributed by atoms with Gasteiger partial charge in [-0.3, -0.25) is 9.69 Å². The summed E-state index contributed by atoms with van der Waals surface area (Å²) in [6, 6.07) is 6.49. The molecule has 0 spiro atoms. The maximum Gasteiger partial charge on any atom is 0.150 e. The number of aldehydes is 1. The van der Waals surface area contributed by atoms with E-state index in [9.17, 15) is 9.90 Å². The van der Waals surface area contributed by atoms with Gasteiger partial charge >= 0.3 is 0 Å². The third-order valence-electron chi connectivity index (χ3n) is 4.65. The number of piperidine rings is 1. The summed E-state index contributed by atoms with van der Waals surface area (Å²) in [6.45, 7) is 0.799. The number of ether oxygens (including phenoxy) is 1. The van der Waals surface area contributed by atoms with E-state index in [4.69, 9.17) is 4.74 Å². The molecule has 1 aromatic carbocycles. The van der Waals surface area contributed by atoms with Crippen LogP contribution in [0.4, 0.5) is 0 Å². The van der Waals surface area contributed by atoms with Gasteiger partial charge in [-0.2, -0.15) is 0 Å². The normalized spacial score (nSPS) is 29.4. The summed E-state index contributed by atoms with van der Waals surface area (Å²) in [5.74, 6) is 0.834. The second-order valence-electron chi connectivity index (χ2n) is 5.87. The summed E-state index contributed by atoms with van der Waals surface area (Å²) in [6.07, 6.45) is 4.79. The molecule has 3 rings (SSSR count). The van der Waals surface area contributed by atoms with Crippen molar-refractivity contribution < 1.29 is 14.6 Å². The smallest absolute Gasteiger partial charge is 0.150 e. The number of methoxy groups -OCH3 is 1. The molecule has 4 nitrogen and oxygen atoms in total. The Hall–Kier alpha value is -1.39. The lowest BCUT2D eigenvalue weighted by atomic mass is 9.98. The van der Waals surface area contributed by atoms with Crippen LogP contribution in [0.15, 0.2) is 18.2 Å². The van der Waals surface area contributed by atoms with Crippen molar-refractivity contribution in [3.8, 4) is 5.75 Å². The van der Waals surface area contributed by atoms with Gasteiger partial charge in [-0.25, -0.2) is 0 Å². The van der Waals surface area contributed by atoms with Crippen molar-refractivity contribution in [2.75, 3.05) is 7.11 Å². The Morgan fingerprint density at radius 3 is 2.65 bits per heavy atom. The zero-order chi connectivity index (χ0) is 14.1. The van der Waals surface area contributed by atoms with Crippen LogP contribution in [-0.4, -0.2) is 41.6 Å². The molecule has 2 saturated heterocycles. The van der Waals surface area contributed by atoms with Crippen LogP contribution in [-0.2, 0) is 6.54 Å². The van der Waals surface area contributed by atoms with Crippen LogP contribution in [0.1, 0.15) is 41.6 Å². The summed E-state index contributed by atoms with van der Waals surface area (Å²) in [7, 11) is 1.66. The highest BCUT2D eigenvalue weighted by molar-refractivity contribution is 5.75. The molecule has 0 radical (unpaired) electrons. The van der Waals surface area contributed by atoms with E-state index in [2.05, 4.69) is 4.90 Å². The SMILES string of the molecule is COc1ccc(C=O)cc1CN1C2CCC1CC(O)C2. The quantitative estimate of drug-likeness (QED) is 0.854. The minimum absolute atomic E-state index is 0.146. The molecule has 1 N–H and O–H groups in total. The largest absolute Gasteiger partial charge is 0.496 e. The zero-order valence-electron chi connectivity index (χ0n) is 11.8. The first-order chi connectivity index (χ1) is 9.71. The molecule has 108 valence electrons. The fourth-order valence-corrected chi connectivity index (χ4v) is 3.70. The van der Waals surface area contributed by atoms with Gasteiger partial charge in [0.1, 0.15) is 12.0 Å². The Morgan fingerprint density at radius 2 is 2.05 bits per heavy atom. The van der Waals surface area contributed by atoms with Crippen molar-refractivity contribution in [2.24, 2.45) is 0 Å². The Kier molecular flexibility index (Phi) is 3.76. The maximum absolute atomic E-state index is 10.9. The highest BCUT2D eigenvalue weighted by Crippen LogP contribution is 2.37. The molecule has 2 atom stereocenters. The molecule has 1 aromatic rings. The van der Waals surface area contributed by atoms with Gasteiger partial charge in [-0.05, 0) is 43.9 Å². The topological polar surface area (TPSA) is 49.8 Å². The summed E-state index contributed by atoms with van der Waals surface area (Å²) in [5, 5.41) is 9.86. The van der Waals surface area contributed by atoms with Crippen LogP contribution in [0.5, 0.6) is 5.75 Å². The van der Waals surface area contributed by atoms with Gasteiger partial charge in [-0.1, -0.05) is 0 Å². The number of rotatable bonds is 4. The molecule has 0 aliphatic carbocycles. The molecule has 20 heavy (non-hydrogen) atoms. The molecule has 2 bridgehead atoms. The molecule has 2 unspecified atom stereocenters. The third kappa shape index (κ3) is 2.45. The molecule has 0 amide bonds. The fourth-order valence-electron chi connectivity index (χ4n) is 3.70. The van der Waals surface area contributed by atoms with E-state index in [1.54, 1.807) is 13.2 Å². The lowest BCUT2D eigenvalue weighted by molar-refractivity contribution is 0.0307. The van der Waals surface area contributed by atoms with Crippen LogP contribution in [0.3, 0.4) is 0 Å². The van der Waals surface area contributed by atoms with E-state index >= 15 is 0 Å². The Balaban J connectivity index is 1.82. The Labute approximate surface area is 119 Å². The van der Waals surface area contributed by atoms with Crippen LogP contribution >= 0.6 is 0 Å². The maximum atomic E-state index is 10.9. The molecule has 0 aromatic heterocycles. The van der Waals surface area contributed by atoms with Crippen molar-refractivity contribution >= 4 is 6.29 Å². The average molecular weight is 275 g/mol. The van der Waals surface area contributed by atoms with Gasteiger partial charge in [-0.15, -0.1) is 0 Å². The predicted octanol–water partition coefficient (Wildman–Crippen LogP) is 2.00. The molecule has 0 saturated carbocycles. The van der Waals surface area contributed by atoms with Gasteiger partial charge in [0.05, 0.1) is 13.2 Å². The minimum Gasteiger partial charge on any atom is -0.496 e. The number of aliphatic hydroxyl groups is 1. The van der Waals surface area contributed by atoms with Crippen LogP contribution in [0.25, 0.3) is 0 Å². The minimum atomic E-state index is -0.146. The molecule has 2 aliphatic rings. The van der Waals surface area contributed by atoms with Crippen molar-refractivity contribution in [3.05, 3.63) is 29.3 Å². The van der Waals surface area contributed by atoms with Crippen molar-refractivity contribution in [1.82, 2.24) is 4.90 Å². The Bertz CT molecular complexity index is 488. The molecule has 2 heterocycles. The monoisotopic (exact) mass is 275 g/mol. The van der Waals surface area contributed by atoms with Crippen molar-refractivity contribution in [1.29, 1.82) is 0 Å². The van der Waals surface area contributed by atoms with Crippen molar-refractivity contribution in [2.45, 2.75) is 50.4 Å². The molecular formula is C16H21NO3. The number of hydrogen-bond donors (Lipinski definition) is 1. The fraction of sp³-hybridized carbons (Fsp3) is 0.562. The summed E-state index contributed by atoms with van der Waals surface area (Å²) < 4.78 is 5.41. The third-order valence-corrected chi connectivity index (χ3v) is 4.65. The molecule has 2 fully saturated rings. The molecule has 2 aliphatic heterocycles. The van der Waals surface area contributed by atoms with E-state index in [-0.39, 0.29) is 6.10 Å². The van der Waals surface area contributed by atoms with E-state index in [0.717, 1.165) is 49.8 Å². The highest BCUT2D eigenvalue weighted by atomic mass is 16.5. The second kappa shape index (κ2) is 5.54. The average Bonchev–Trinajstić information content (AvgIpc) is 2.70. The van der Waals surface area contributed by atoms with Crippen LogP contribution in [0, 0.1) is 0 Å². The van der Waals surface area contributed by atoms with E-state index in [0.29, 0.717) is 17.6 Å². The number of aliphatic hydroxyl groups excluding tert-OH is 1. The lowest BCUT2D eigenvalue weighted by Crippen LogP contribution is -2.44. The van der Waals surface area contributed by atoms with Gasteiger partial charge in [0, 0.05) is 29.8 Å². The number of benzene rings is 1. The molecule has 4 heteroatoms. The van der Waals surface area contributed by atoms with Crippen LogP contribution < -0.4 is 4.74 Å². The summed E-state index contributed by atoms with van der Waals surface area (Å²) >= 11 is 0. The van der Waals surface area contributed by atoms with Gasteiger partial charge < -0.3 is 9.84 Å². The second-order valence-corrected chi connectivity index (χ2v) is 5.87. The van der Waals surface area contributed by atoms with Gasteiger partial charge in [0.2, 0.25) is 0 Å². The lowest BCUT2D eigenvalue weighted by Gasteiger charge is -2.37. The first-order valence-electron chi connectivity index (χ1n) is 7.27. The predicted molar refractivity (Wildman–Crippen MR) is 76.0 cm³/mol. The number of nitrogens with zero attached hydrogens (tertiary/aromatic N) is 1. The molecular weight excluding hydrogens is 254 g/mol. The Morgan fingerprint density at radius 1 is 1.35 bits per heavy atom. The first kappa shape index (κ1) is 13.6. The standard InChI is InChI=1S/C16H21NO3/c1-20-16-5-2-11(10-18)6-12(16)9-17-13-3-4-14(17)8-15(19)7-13/h2,5-6,10,13-15,19H,3-4,7-9H2,1H3. The highest BCUT2D eigenvalue weighted by Gasteiger charge is 2.40. The van der Waals surface area contributed by atoms with Crippen molar-refractivity contribution in [3.63, 3.8) is 0 Å². The van der Waals surface area contributed by atoms with Gasteiger partial charge in [0.15, 0.2) is 0 Å².